The third-order valence-corrected chi connectivity index (χ3v) is 5.22. The minimum atomic E-state index is -1.14. The second kappa shape index (κ2) is 5.96. The van der Waals surface area contributed by atoms with Crippen LogP contribution in [0.1, 0.15) is 10.5 Å². The number of carboxylic acid groups (broad SMARTS) is 1. The molecule has 0 amide bonds. The Labute approximate surface area is 162 Å². The quantitative estimate of drug-likeness (QED) is 0.496. The van der Waals surface area contributed by atoms with Crippen LogP contribution in [-0.2, 0) is 7.05 Å². The number of carboxylic acids is 1. The molecule has 5 aromatic rings. The average molecular weight is 394 g/mol. The Morgan fingerprint density at radius 2 is 2.14 bits per heavy atom. The summed E-state index contributed by atoms with van der Waals surface area (Å²) < 4.78 is 14.7. The van der Waals surface area contributed by atoms with Crippen LogP contribution in [0.15, 0.2) is 45.6 Å². The number of benzene rings is 1. The molecule has 0 spiro atoms. The number of aryl methyl sites for hydroxylation is 1. The highest BCUT2D eigenvalue weighted by Crippen LogP contribution is 2.39. The Morgan fingerprint density at radius 1 is 1.29 bits per heavy atom. The second-order valence-corrected chi connectivity index (χ2v) is 7.03. The van der Waals surface area contributed by atoms with E-state index in [-0.39, 0.29) is 11.3 Å². The molecule has 0 fully saturated rings. The number of hydrogen-bond donors (Lipinski definition) is 1. The predicted octanol–water partition coefficient (Wildman–Crippen LogP) is 3.94. The summed E-state index contributed by atoms with van der Waals surface area (Å²) in [6.07, 6.45) is 1.85. The van der Waals surface area contributed by atoms with Gasteiger partial charge in [-0.1, -0.05) is 0 Å². The smallest absolute Gasteiger partial charge is 0.360 e. The van der Waals surface area contributed by atoms with Crippen molar-refractivity contribution < 1.29 is 19.1 Å². The molecule has 1 N–H and O–H groups in total. The van der Waals surface area contributed by atoms with Gasteiger partial charge in [0.1, 0.15) is 16.8 Å². The van der Waals surface area contributed by atoms with E-state index in [4.69, 9.17) is 9.15 Å². The van der Waals surface area contributed by atoms with Crippen LogP contribution >= 0.6 is 11.3 Å². The summed E-state index contributed by atoms with van der Waals surface area (Å²) in [6.45, 7) is 0. The van der Waals surface area contributed by atoms with E-state index < -0.39 is 5.97 Å². The van der Waals surface area contributed by atoms with Crippen molar-refractivity contribution in [2.45, 2.75) is 0 Å². The minimum absolute atomic E-state index is 0.129. The van der Waals surface area contributed by atoms with E-state index in [0.29, 0.717) is 16.8 Å². The molecule has 0 bridgehead atoms. The lowest BCUT2D eigenvalue weighted by Crippen LogP contribution is -2.01. The third-order valence-electron chi connectivity index (χ3n) is 4.55. The summed E-state index contributed by atoms with van der Waals surface area (Å²) in [5, 5.41) is 22.9. The van der Waals surface area contributed by atoms with E-state index >= 15 is 0 Å². The number of thiophene rings is 1. The summed E-state index contributed by atoms with van der Waals surface area (Å²) in [4.78, 5) is 11.7. The number of ether oxygens (including phenoxy) is 1. The van der Waals surface area contributed by atoms with Gasteiger partial charge in [0.05, 0.1) is 18.5 Å². The third kappa shape index (κ3) is 2.33. The molecule has 4 heterocycles. The zero-order valence-electron chi connectivity index (χ0n) is 14.9. The first-order valence-corrected chi connectivity index (χ1v) is 9.30. The molecule has 28 heavy (non-hydrogen) atoms. The predicted molar refractivity (Wildman–Crippen MR) is 104 cm³/mol. The number of hydrogen-bond acceptors (Lipinski definition) is 6. The molecule has 0 saturated heterocycles. The van der Waals surface area contributed by atoms with E-state index in [1.165, 1.54) is 11.3 Å². The first kappa shape index (κ1) is 16.6. The number of aromatic carboxylic acids is 1. The van der Waals surface area contributed by atoms with Crippen molar-refractivity contribution in [2.75, 3.05) is 7.11 Å². The Balaban J connectivity index is 1.89. The maximum absolute atomic E-state index is 11.7. The van der Waals surface area contributed by atoms with E-state index in [1.54, 1.807) is 22.5 Å². The Bertz CT molecular complexity index is 1340. The standard InChI is InChI=1S/C19H14N4O4S/c1-22-5-3-13(20-22)11-7-12-15(8-14(11)26-2)27-18-16(19(24)25)21-23(17(12)18)10-4-6-28-9-10/h3-9H,1-2H3,(H,24,25). The van der Waals surface area contributed by atoms with Gasteiger partial charge in [-0.15, -0.1) is 0 Å². The maximum Gasteiger partial charge on any atom is 0.360 e. The second-order valence-electron chi connectivity index (χ2n) is 6.25. The SMILES string of the molecule is COc1cc2oc3c(C(=O)O)nn(-c4ccsc4)c3c2cc1-c1ccn(C)n1. The molecule has 0 unspecified atom stereocenters. The first-order chi connectivity index (χ1) is 13.6. The van der Waals surface area contributed by atoms with Crippen molar-refractivity contribution in [3.05, 3.63) is 46.9 Å². The molecule has 0 radical (unpaired) electrons. The highest BCUT2D eigenvalue weighted by atomic mass is 32.1. The number of aromatic nitrogens is 4. The molecule has 140 valence electrons. The van der Waals surface area contributed by atoms with Crippen LogP contribution in [0.25, 0.3) is 39.0 Å². The van der Waals surface area contributed by atoms with Gasteiger partial charge >= 0.3 is 5.97 Å². The Kier molecular flexibility index (Phi) is 3.53. The molecule has 0 atom stereocenters. The van der Waals surface area contributed by atoms with Gasteiger partial charge in [-0.2, -0.15) is 21.5 Å². The number of methoxy groups -OCH3 is 1. The van der Waals surface area contributed by atoms with Crippen LogP contribution in [0.2, 0.25) is 0 Å². The van der Waals surface area contributed by atoms with Gasteiger partial charge in [0.2, 0.25) is 5.69 Å². The summed E-state index contributed by atoms with van der Waals surface area (Å²) in [6, 6.07) is 7.42. The summed E-state index contributed by atoms with van der Waals surface area (Å²) in [7, 11) is 3.42. The topological polar surface area (TPSA) is 95.3 Å². The van der Waals surface area contributed by atoms with Crippen molar-refractivity contribution in [3.8, 4) is 22.7 Å². The lowest BCUT2D eigenvalue weighted by molar-refractivity contribution is 0.0691. The number of carbonyl (C=O) groups is 1. The van der Waals surface area contributed by atoms with Gasteiger partial charge in [-0.25, -0.2) is 9.48 Å². The van der Waals surface area contributed by atoms with Crippen LogP contribution in [0.4, 0.5) is 0 Å². The lowest BCUT2D eigenvalue weighted by Gasteiger charge is -2.07. The molecule has 0 aliphatic heterocycles. The Hall–Kier alpha value is -3.59. The van der Waals surface area contributed by atoms with Crippen LogP contribution in [0, 0.1) is 0 Å². The zero-order valence-corrected chi connectivity index (χ0v) is 15.7. The van der Waals surface area contributed by atoms with Crippen LogP contribution < -0.4 is 4.74 Å². The van der Waals surface area contributed by atoms with Crippen molar-refractivity contribution in [3.63, 3.8) is 0 Å². The van der Waals surface area contributed by atoms with Gasteiger partial charge < -0.3 is 14.3 Å². The van der Waals surface area contributed by atoms with Crippen LogP contribution in [-0.4, -0.2) is 37.7 Å². The number of furan rings is 1. The van der Waals surface area contributed by atoms with Crippen molar-refractivity contribution in [1.29, 1.82) is 0 Å². The average Bonchev–Trinajstić information content (AvgIpc) is 3.44. The maximum atomic E-state index is 11.7. The van der Waals surface area contributed by atoms with Crippen LogP contribution in [0.3, 0.4) is 0 Å². The van der Waals surface area contributed by atoms with Gasteiger partial charge in [0.15, 0.2) is 5.58 Å². The monoisotopic (exact) mass is 394 g/mol. The zero-order chi connectivity index (χ0) is 19.4. The fourth-order valence-electron chi connectivity index (χ4n) is 3.31. The molecule has 8 nitrogen and oxygen atoms in total. The number of fused-ring (bicyclic) bond motifs is 3. The summed E-state index contributed by atoms with van der Waals surface area (Å²) in [5.41, 5.74) is 3.54. The lowest BCUT2D eigenvalue weighted by atomic mass is 10.1. The van der Waals surface area contributed by atoms with Crippen molar-refractivity contribution in [1.82, 2.24) is 19.6 Å². The Morgan fingerprint density at radius 3 is 2.79 bits per heavy atom. The van der Waals surface area contributed by atoms with Gasteiger partial charge in [-0.3, -0.25) is 4.68 Å². The summed E-state index contributed by atoms with van der Waals surface area (Å²) in [5.74, 6) is -0.551. The molecule has 9 heteroatoms. The molecular weight excluding hydrogens is 380 g/mol. The highest BCUT2D eigenvalue weighted by molar-refractivity contribution is 7.08. The van der Waals surface area contributed by atoms with Gasteiger partial charge in [0.25, 0.3) is 0 Å². The normalized spacial score (nSPS) is 11.5. The molecule has 1 aromatic carbocycles. The number of nitrogens with zero attached hydrogens (tertiary/aromatic N) is 4. The summed E-state index contributed by atoms with van der Waals surface area (Å²) >= 11 is 1.51. The molecule has 5 rings (SSSR count). The number of rotatable bonds is 4. The van der Waals surface area contributed by atoms with E-state index in [2.05, 4.69) is 10.2 Å². The molecule has 0 aliphatic carbocycles. The van der Waals surface area contributed by atoms with Gasteiger partial charge in [0, 0.05) is 35.6 Å². The highest BCUT2D eigenvalue weighted by Gasteiger charge is 2.25. The van der Waals surface area contributed by atoms with E-state index in [0.717, 1.165) is 22.3 Å². The first-order valence-electron chi connectivity index (χ1n) is 8.36. The van der Waals surface area contributed by atoms with E-state index in [9.17, 15) is 9.90 Å². The largest absolute Gasteiger partial charge is 0.496 e. The molecule has 0 saturated carbocycles. The van der Waals surface area contributed by atoms with Crippen LogP contribution in [0.5, 0.6) is 5.75 Å². The fraction of sp³-hybridized carbons (Fsp3) is 0.105. The van der Waals surface area contributed by atoms with Crippen molar-refractivity contribution in [2.24, 2.45) is 7.05 Å². The van der Waals surface area contributed by atoms with Crippen molar-refractivity contribution >= 4 is 39.4 Å². The minimum Gasteiger partial charge on any atom is -0.496 e. The molecule has 4 aromatic heterocycles. The molecular formula is C19H14N4O4S. The van der Waals surface area contributed by atoms with E-state index in [1.807, 2.05) is 42.2 Å². The van der Waals surface area contributed by atoms with Gasteiger partial charge in [-0.05, 0) is 23.6 Å². The molecule has 0 aliphatic rings. The fourth-order valence-corrected chi connectivity index (χ4v) is 3.92.